The second-order valence-electron chi connectivity index (χ2n) is 30.5. The van der Waals surface area contributed by atoms with Gasteiger partial charge in [-0.15, -0.1) is 0 Å². The molecule has 0 aromatic heterocycles. The number of carbonyl (C=O) groups is 2. The van der Waals surface area contributed by atoms with Crippen LogP contribution in [-0.4, -0.2) is 66.4 Å². The Morgan fingerprint density at radius 2 is 0.630 bits per heavy atom. The minimum Gasteiger partial charge on any atom is -0.496 e. The van der Waals surface area contributed by atoms with E-state index in [2.05, 4.69) is 252 Å². The van der Waals surface area contributed by atoms with Crippen LogP contribution in [0.2, 0.25) is 0 Å². The number of carbonyl (C=O) groups excluding carboxylic acids is 2. The first-order chi connectivity index (χ1) is 57.1. The van der Waals surface area contributed by atoms with Gasteiger partial charge in [0.1, 0.15) is 35.6 Å². The predicted octanol–water partition coefficient (Wildman–Crippen LogP) is 29.4. The molecule has 0 spiro atoms. The van der Waals surface area contributed by atoms with Gasteiger partial charge in [0.25, 0.3) is 0 Å². The topological polar surface area (TPSA) is 149 Å². The summed E-state index contributed by atoms with van der Waals surface area (Å²) in [5, 5.41) is 0. The minimum absolute atomic E-state index is 0. The Labute approximate surface area is 711 Å². The third kappa shape index (κ3) is 31.8. The van der Waals surface area contributed by atoms with Crippen LogP contribution in [0.15, 0.2) is 231 Å². The van der Waals surface area contributed by atoms with Gasteiger partial charge in [-0.1, -0.05) is 244 Å². The van der Waals surface area contributed by atoms with Crippen LogP contribution in [0.5, 0.6) is 23.0 Å². The first-order valence-corrected chi connectivity index (χ1v) is 45.2. The molecule has 0 bridgehead atoms. The zero-order valence-electron chi connectivity index (χ0n) is 71.9. The Morgan fingerprint density at radius 1 is 0.336 bits per heavy atom. The number of hydrogen-bond donors (Lipinski definition) is 0. The Balaban J connectivity index is 0.000000270. The lowest BCUT2D eigenvalue weighted by Crippen LogP contribution is -2.10. The molecule has 119 heavy (non-hydrogen) atoms. The lowest BCUT2D eigenvalue weighted by atomic mass is 9.97. The first-order valence-electron chi connectivity index (χ1n) is 41.7. The van der Waals surface area contributed by atoms with E-state index in [1.54, 1.807) is 78.3 Å². The average molecular weight is 1650 g/mol. The molecule has 0 saturated carbocycles. The van der Waals surface area contributed by atoms with Gasteiger partial charge in [0.15, 0.2) is 0 Å². The fourth-order valence-corrected chi connectivity index (χ4v) is 16.9. The van der Waals surface area contributed by atoms with Crippen LogP contribution in [0.3, 0.4) is 0 Å². The fourth-order valence-electron chi connectivity index (χ4n) is 13.5. The van der Waals surface area contributed by atoms with Crippen molar-refractivity contribution in [1.29, 1.82) is 0 Å². The van der Waals surface area contributed by atoms with E-state index in [0.717, 1.165) is 111 Å². The van der Waals surface area contributed by atoms with E-state index in [1.807, 2.05) is 43.3 Å². The molecule has 0 aliphatic heterocycles. The van der Waals surface area contributed by atoms with Crippen molar-refractivity contribution in [3.8, 4) is 23.0 Å². The molecule has 0 saturated heterocycles. The van der Waals surface area contributed by atoms with Crippen molar-refractivity contribution >= 4 is 98.3 Å². The third-order valence-electron chi connectivity index (χ3n) is 20.0. The monoisotopic (exact) mass is 1650 g/mol. The molecule has 0 radical (unpaired) electrons. The summed E-state index contributed by atoms with van der Waals surface area (Å²) < 4.78 is 73.1. The Bertz CT molecular complexity index is 4750. The molecule has 2 atom stereocenters. The van der Waals surface area contributed by atoms with Gasteiger partial charge in [-0.2, -0.15) is 0 Å². The highest BCUT2D eigenvalue weighted by atomic mass is 31.2. The molecule has 16 heteroatoms. The molecule has 0 fully saturated rings. The van der Waals surface area contributed by atoms with E-state index in [9.17, 15) is 18.7 Å². The Hall–Kier alpha value is -10.1. The van der Waals surface area contributed by atoms with Gasteiger partial charge in [-0.25, -0.2) is 0 Å². The van der Waals surface area contributed by atoms with Crippen molar-refractivity contribution in [1.82, 2.24) is 0 Å². The van der Waals surface area contributed by atoms with Crippen LogP contribution in [0.1, 0.15) is 204 Å². The van der Waals surface area contributed by atoms with Gasteiger partial charge in [-0.05, 0) is 222 Å². The summed E-state index contributed by atoms with van der Waals surface area (Å²) in [6, 6.07) is 77.8. The highest BCUT2D eigenvalue weighted by Gasteiger charge is 2.31. The molecule has 632 valence electrons. The molecule has 10 rings (SSSR count). The summed E-state index contributed by atoms with van der Waals surface area (Å²) in [6.07, 6.45) is 23.9. The van der Waals surface area contributed by atoms with E-state index < -0.39 is 15.2 Å². The van der Waals surface area contributed by atoms with E-state index in [4.69, 9.17) is 37.0 Å². The summed E-state index contributed by atoms with van der Waals surface area (Å²) in [7, 11) is -3.50. The van der Waals surface area contributed by atoms with Gasteiger partial charge in [-0.3, -0.25) is 18.7 Å². The van der Waals surface area contributed by atoms with E-state index in [-0.39, 0.29) is 46.2 Å². The Morgan fingerprint density at radius 3 is 0.966 bits per heavy atom. The zero-order valence-corrected chi connectivity index (χ0v) is 73.7. The average Bonchev–Trinajstić information content (AvgIpc) is 0.805. The van der Waals surface area contributed by atoms with Gasteiger partial charge in [0.05, 0.1) is 66.2 Å². The molecule has 0 amide bonds. The summed E-state index contributed by atoms with van der Waals surface area (Å²) >= 11 is 0. The summed E-state index contributed by atoms with van der Waals surface area (Å²) in [5.41, 5.74) is 17.7. The van der Waals surface area contributed by atoms with Crippen molar-refractivity contribution in [3.63, 3.8) is 0 Å². The molecule has 2 unspecified atom stereocenters. The molecule has 0 heterocycles. The molecule has 14 nitrogen and oxygen atoms in total. The van der Waals surface area contributed by atoms with Crippen LogP contribution in [0.4, 0.5) is 34.1 Å². The normalized spacial score (nSPS) is 12.0. The van der Waals surface area contributed by atoms with E-state index >= 15 is 0 Å². The lowest BCUT2D eigenvalue weighted by Gasteiger charge is -2.26. The van der Waals surface area contributed by atoms with Crippen molar-refractivity contribution < 1.29 is 55.8 Å². The molecule has 10 aromatic rings. The second kappa shape index (κ2) is 50.7. The number of aryl methyl sites for hydroxylation is 2. The highest BCUT2D eigenvalue weighted by Crippen LogP contribution is 2.56. The van der Waals surface area contributed by atoms with Crippen LogP contribution >= 0.6 is 15.2 Å². The van der Waals surface area contributed by atoms with Crippen LogP contribution in [0.25, 0.3) is 36.5 Å². The quantitative estimate of drug-likeness (QED) is 0.0202. The maximum Gasteiger partial charge on any atom is 0.335 e. The number of methoxy groups -OCH3 is 2. The molecular formula is C103H128N2O12P2. The predicted molar refractivity (Wildman–Crippen MR) is 500 cm³/mol. The van der Waals surface area contributed by atoms with Crippen LogP contribution in [0, 0.1) is 37.5 Å². The van der Waals surface area contributed by atoms with E-state index in [1.165, 1.54) is 48.8 Å². The largest absolute Gasteiger partial charge is 0.496 e. The molecular weight excluding hydrogens is 1520 g/mol. The van der Waals surface area contributed by atoms with Crippen LogP contribution in [-0.2, 0) is 39.5 Å². The molecule has 0 aliphatic rings. The minimum atomic E-state index is -3.39. The van der Waals surface area contributed by atoms with Gasteiger partial charge in [0.2, 0.25) is 0 Å². The number of ether oxygens (including phenoxy) is 4. The number of rotatable bonds is 44. The smallest absolute Gasteiger partial charge is 0.335 e. The Kier molecular flexibility index (Phi) is 40.9. The van der Waals surface area contributed by atoms with Crippen molar-refractivity contribution in [3.05, 3.63) is 297 Å². The number of anilines is 6. The van der Waals surface area contributed by atoms with Crippen molar-refractivity contribution in [2.75, 3.05) is 63.7 Å². The second-order valence-corrected chi connectivity index (χ2v) is 34.6. The first kappa shape index (κ1) is 96.0. The van der Waals surface area contributed by atoms with Gasteiger partial charge in [0, 0.05) is 67.5 Å². The standard InChI is InChI=1S/C54H57NO2.C27H50O8P2.C21H17NO2.CH4/c1-41(2)13-12-14-42(3)37-38-57-54-40-48(53(56-5)39-49(54)30-23-45-17-10-7-11-18-45)29-24-47-27-35-52(36-28-47)55(50-31-19-43(4)20-32-50)51-33-25-46(26-34-51)22-21-44-15-8-6-9-16-44;1-9-32-36(28,33-10-2)20-24-19-27(31-17-16-23(7)15-13-14-22(5)6)25(18-26(24)30-8)21-37(29,34-11-3)35-12-4;1-16-2-8-19(9-3-16)22(20-10-4-17(14-23)5-11-20)21-12-6-18(15-24)7-13-21;/h6-11,15-36,39-42H,12-14,37-38H2,1-5H3;18-19,22-23H,9-17,20-21H2,1-8H3;2-15H,1H3;1H4. The summed E-state index contributed by atoms with van der Waals surface area (Å²) in [4.78, 5) is 26.2. The molecule has 10 aromatic carbocycles. The molecule has 0 aliphatic carbocycles. The third-order valence-corrected chi connectivity index (χ3v) is 24.1. The lowest BCUT2D eigenvalue weighted by molar-refractivity contribution is 0.111. The van der Waals surface area contributed by atoms with Gasteiger partial charge >= 0.3 is 15.2 Å². The van der Waals surface area contributed by atoms with Gasteiger partial charge < -0.3 is 46.8 Å². The van der Waals surface area contributed by atoms with Crippen LogP contribution < -0.4 is 28.7 Å². The highest BCUT2D eigenvalue weighted by molar-refractivity contribution is 7.53. The summed E-state index contributed by atoms with van der Waals surface area (Å²) in [5.74, 6) is 5.30. The maximum atomic E-state index is 13.3. The van der Waals surface area contributed by atoms with Crippen molar-refractivity contribution in [2.24, 2.45) is 23.7 Å². The van der Waals surface area contributed by atoms with Crippen molar-refractivity contribution in [2.45, 2.75) is 154 Å². The van der Waals surface area contributed by atoms with E-state index in [0.29, 0.717) is 64.7 Å². The number of nitrogens with zero attached hydrogens (tertiary/aromatic N) is 2. The summed E-state index contributed by atoms with van der Waals surface area (Å²) in [6.45, 7) is 27.2. The zero-order chi connectivity index (χ0) is 84.7. The SMILES string of the molecule is C.CCOP(=O)(Cc1cc(OCCC(C)CCCC(C)C)c(CP(=O)(OCC)OCC)cc1OC)OCC.COc1cc(C=Cc2ccccc2)c(OCCC(C)CCCC(C)C)cc1C=Cc1ccc(N(c2ccc(C)cc2)c2ccc(C=Cc3ccccc3)cc2)cc1.Cc1ccc(N(c2ccc(C=O)cc2)c2ccc(C=O)cc2)cc1. The number of aldehydes is 2. The number of benzene rings is 10. The molecule has 0 N–H and O–H groups in total. The fraction of sp³-hybridized carbons (Fsp3) is 0.340. The maximum absolute atomic E-state index is 13.3. The number of hydrogen-bond acceptors (Lipinski definition) is 14.